The minimum absolute atomic E-state index is 0.0333. The summed E-state index contributed by atoms with van der Waals surface area (Å²) in [5.74, 6) is 0.744. The smallest absolute Gasteiger partial charge is 0.238 e. The molecule has 108 valence electrons. The molecule has 0 aliphatic carbocycles. The summed E-state index contributed by atoms with van der Waals surface area (Å²) in [5, 5.41) is 7.09. The standard InChI is InChI=1S/C15H20ClN3O/c16-12-4-1-5-13(7-12)18-15(20)10-19-8-11-3-2-6-17-14(11)9-19/h1,4-5,7,11,14,17H,2-3,6,8-10H2,(H,18,20). The third kappa shape index (κ3) is 3.32. The number of carbonyl (C=O) groups is 1. The van der Waals surface area contributed by atoms with Crippen molar-refractivity contribution in [1.29, 1.82) is 0 Å². The van der Waals surface area contributed by atoms with E-state index in [0.717, 1.165) is 25.3 Å². The highest BCUT2D eigenvalue weighted by Gasteiger charge is 2.34. The summed E-state index contributed by atoms with van der Waals surface area (Å²) in [7, 11) is 0. The number of rotatable bonds is 3. The first-order valence-electron chi connectivity index (χ1n) is 7.22. The molecule has 2 heterocycles. The molecule has 2 aliphatic rings. The van der Waals surface area contributed by atoms with E-state index in [2.05, 4.69) is 15.5 Å². The molecule has 0 aromatic heterocycles. The monoisotopic (exact) mass is 293 g/mol. The summed E-state index contributed by atoms with van der Waals surface area (Å²) < 4.78 is 0. The van der Waals surface area contributed by atoms with Crippen molar-refractivity contribution in [2.45, 2.75) is 18.9 Å². The molecule has 5 heteroatoms. The van der Waals surface area contributed by atoms with Crippen molar-refractivity contribution in [3.8, 4) is 0 Å². The molecule has 20 heavy (non-hydrogen) atoms. The number of nitrogens with one attached hydrogen (secondary N) is 2. The van der Waals surface area contributed by atoms with Gasteiger partial charge >= 0.3 is 0 Å². The molecule has 0 saturated carbocycles. The molecule has 2 atom stereocenters. The van der Waals surface area contributed by atoms with Crippen LogP contribution in [0, 0.1) is 5.92 Å². The molecule has 2 N–H and O–H groups in total. The molecule has 0 spiro atoms. The van der Waals surface area contributed by atoms with Crippen LogP contribution in [0.4, 0.5) is 5.69 Å². The molecule has 3 rings (SSSR count). The largest absolute Gasteiger partial charge is 0.325 e. The maximum absolute atomic E-state index is 12.1. The van der Waals surface area contributed by atoms with Gasteiger partial charge in [0.25, 0.3) is 0 Å². The lowest BCUT2D eigenvalue weighted by molar-refractivity contribution is -0.117. The summed E-state index contributed by atoms with van der Waals surface area (Å²) in [5.41, 5.74) is 0.761. The number of hydrogen-bond donors (Lipinski definition) is 2. The Bertz CT molecular complexity index is 480. The fourth-order valence-corrected chi connectivity index (χ4v) is 3.43. The highest BCUT2D eigenvalue weighted by Crippen LogP contribution is 2.24. The summed E-state index contributed by atoms with van der Waals surface area (Å²) in [6.45, 7) is 3.58. The van der Waals surface area contributed by atoms with E-state index < -0.39 is 0 Å². The first-order valence-corrected chi connectivity index (χ1v) is 7.59. The van der Waals surface area contributed by atoms with Crippen molar-refractivity contribution in [1.82, 2.24) is 10.2 Å². The van der Waals surface area contributed by atoms with E-state index in [9.17, 15) is 4.79 Å². The molecule has 2 unspecified atom stereocenters. The fourth-order valence-electron chi connectivity index (χ4n) is 3.24. The second-order valence-electron chi connectivity index (χ2n) is 5.72. The Kier molecular flexibility index (Phi) is 4.24. The average Bonchev–Trinajstić information content (AvgIpc) is 2.80. The van der Waals surface area contributed by atoms with Crippen molar-refractivity contribution in [2.24, 2.45) is 5.92 Å². The van der Waals surface area contributed by atoms with E-state index in [-0.39, 0.29) is 5.91 Å². The predicted molar refractivity (Wildman–Crippen MR) is 81.0 cm³/mol. The number of halogens is 1. The van der Waals surface area contributed by atoms with Crippen molar-refractivity contribution >= 4 is 23.2 Å². The Morgan fingerprint density at radius 2 is 2.35 bits per heavy atom. The van der Waals surface area contributed by atoms with Gasteiger partial charge in [-0.1, -0.05) is 17.7 Å². The van der Waals surface area contributed by atoms with Crippen molar-refractivity contribution in [2.75, 3.05) is 31.5 Å². The highest BCUT2D eigenvalue weighted by molar-refractivity contribution is 6.30. The third-order valence-electron chi connectivity index (χ3n) is 4.15. The van der Waals surface area contributed by atoms with Gasteiger partial charge in [-0.3, -0.25) is 9.69 Å². The van der Waals surface area contributed by atoms with Crippen LogP contribution in [0.2, 0.25) is 5.02 Å². The van der Waals surface area contributed by atoms with E-state index in [1.807, 2.05) is 12.1 Å². The minimum atomic E-state index is 0.0333. The molecule has 4 nitrogen and oxygen atoms in total. The maximum atomic E-state index is 12.1. The Labute approximate surface area is 124 Å². The highest BCUT2D eigenvalue weighted by atomic mass is 35.5. The SMILES string of the molecule is O=C(CN1CC2CCCNC2C1)Nc1cccc(Cl)c1. The van der Waals surface area contributed by atoms with Crippen LogP contribution in [-0.2, 0) is 4.79 Å². The zero-order chi connectivity index (χ0) is 13.9. The molecule has 2 saturated heterocycles. The minimum Gasteiger partial charge on any atom is -0.325 e. The van der Waals surface area contributed by atoms with Gasteiger partial charge in [-0.2, -0.15) is 0 Å². The second-order valence-corrected chi connectivity index (χ2v) is 6.15. The number of amides is 1. The Hall–Kier alpha value is -1.10. The molecule has 0 bridgehead atoms. The quantitative estimate of drug-likeness (QED) is 0.895. The number of benzene rings is 1. The van der Waals surface area contributed by atoms with Gasteiger partial charge in [0.15, 0.2) is 0 Å². The number of hydrogen-bond acceptors (Lipinski definition) is 3. The van der Waals surface area contributed by atoms with Gasteiger partial charge in [0.05, 0.1) is 6.54 Å². The summed E-state index contributed by atoms with van der Waals surface area (Å²) in [6.07, 6.45) is 2.54. The molecule has 1 amide bonds. The number of piperidine rings is 1. The lowest BCUT2D eigenvalue weighted by Gasteiger charge is -2.24. The first kappa shape index (κ1) is 13.9. The average molecular weight is 294 g/mol. The topological polar surface area (TPSA) is 44.4 Å². The van der Waals surface area contributed by atoms with Gasteiger partial charge in [-0.05, 0) is 43.5 Å². The van der Waals surface area contributed by atoms with Gasteiger partial charge in [0.2, 0.25) is 5.91 Å². The van der Waals surface area contributed by atoms with E-state index >= 15 is 0 Å². The summed E-state index contributed by atoms with van der Waals surface area (Å²) >= 11 is 5.91. The van der Waals surface area contributed by atoms with E-state index in [1.165, 1.54) is 12.8 Å². The maximum Gasteiger partial charge on any atom is 0.238 e. The number of fused-ring (bicyclic) bond motifs is 1. The van der Waals surface area contributed by atoms with E-state index in [4.69, 9.17) is 11.6 Å². The van der Waals surface area contributed by atoms with E-state index in [0.29, 0.717) is 23.5 Å². The lowest BCUT2D eigenvalue weighted by Crippen LogP contribution is -2.41. The van der Waals surface area contributed by atoms with Crippen molar-refractivity contribution < 1.29 is 4.79 Å². The molecular formula is C15H20ClN3O. The van der Waals surface area contributed by atoms with Crippen LogP contribution in [0.3, 0.4) is 0 Å². The van der Waals surface area contributed by atoms with Crippen LogP contribution < -0.4 is 10.6 Å². The van der Waals surface area contributed by atoms with Crippen LogP contribution in [-0.4, -0.2) is 43.0 Å². The Balaban J connectivity index is 1.52. The van der Waals surface area contributed by atoms with Gasteiger partial charge in [-0.15, -0.1) is 0 Å². The van der Waals surface area contributed by atoms with Gasteiger partial charge in [-0.25, -0.2) is 0 Å². The number of carbonyl (C=O) groups excluding carboxylic acids is 1. The Morgan fingerprint density at radius 1 is 1.45 bits per heavy atom. The molecule has 1 aromatic carbocycles. The molecule has 0 radical (unpaired) electrons. The molecule has 2 fully saturated rings. The van der Waals surface area contributed by atoms with Gasteiger partial charge in [0.1, 0.15) is 0 Å². The molecule has 1 aromatic rings. The van der Waals surface area contributed by atoms with Crippen LogP contribution in [0.15, 0.2) is 24.3 Å². The van der Waals surface area contributed by atoms with Crippen LogP contribution in [0.5, 0.6) is 0 Å². The van der Waals surface area contributed by atoms with Crippen LogP contribution in [0.1, 0.15) is 12.8 Å². The third-order valence-corrected chi connectivity index (χ3v) is 4.39. The zero-order valence-electron chi connectivity index (χ0n) is 11.4. The van der Waals surface area contributed by atoms with Gasteiger partial charge in [0, 0.05) is 29.8 Å². The van der Waals surface area contributed by atoms with Crippen molar-refractivity contribution in [3.63, 3.8) is 0 Å². The zero-order valence-corrected chi connectivity index (χ0v) is 12.2. The molecule has 2 aliphatic heterocycles. The summed E-state index contributed by atoms with van der Waals surface area (Å²) in [4.78, 5) is 14.3. The number of nitrogens with zero attached hydrogens (tertiary/aromatic N) is 1. The van der Waals surface area contributed by atoms with Crippen LogP contribution >= 0.6 is 11.6 Å². The predicted octanol–water partition coefficient (Wildman–Crippen LogP) is 1.96. The van der Waals surface area contributed by atoms with Crippen molar-refractivity contribution in [3.05, 3.63) is 29.3 Å². The number of anilines is 1. The Morgan fingerprint density at radius 3 is 3.15 bits per heavy atom. The second kappa shape index (κ2) is 6.12. The number of likely N-dealkylation sites (tertiary alicyclic amines) is 1. The molecular weight excluding hydrogens is 274 g/mol. The fraction of sp³-hybridized carbons (Fsp3) is 0.533. The lowest BCUT2D eigenvalue weighted by atomic mass is 9.94. The van der Waals surface area contributed by atoms with Crippen LogP contribution in [0.25, 0.3) is 0 Å². The first-order chi connectivity index (χ1) is 9.70. The normalized spacial score (nSPS) is 26.2. The van der Waals surface area contributed by atoms with Gasteiger partial charge < -0.3 is 10.6 Å². The van der Waals surface area contributed by atoms with E-state index in [1.54, 1.807) is 12.1 Å². The summed E-state index contributed by atoms with van der Waals surface area (Å²) in [6, 6.07) is 7.84.